The number of aliphatic hydroxyl groups excluding tert-OH is 1. The number of ketones is 1. The van der Waals surface area contributed by atoms with E-state index in [1.54, 1.807) is 19.9 Å². The van der Waals surface area contributed by atoms with Gasteiger partial charge < -0.3 is 19.3 Å². The molecule has 0 aromatic heterocycles. The summed E-state index contributed by atoms with van der Waals surface area (Å²) in [7, 11) is 0. The fraction of sp³-hybridized carbons (Fsp3) is 0.550. The molecule has 0 bridgehead atoms. The number of carbonyl (C=O) groups is 3. The molecule has 0 spiro atoms. The van der Waals surface area contributed by atoms with Gasteiger partial charge in [-0.25, -0.2) is 9.59 Å². The van der Waals surface area contributed by atoms with Crippen molar-refractivity contribution in [2.45, 2.75) is 63.6 Å². The molecule has 6 atom stereocenters. The van der Waals surface area contributed by atoms with E-state index in [0.29, 0.717) is 12.0 Å². The molecule has 146 valence electrons. The highest BCUT2D eigenvalue weighted by Crippen LogP contribution is 2.48. The summed E-state index contributed by atoms with van der Waals surface area (Å²) in [5.41, 5.74) is -0.246. The largest absolute Gasteiger partial charge is 0.458 e. The number of hydrogen-bond acceptors (Lipinski definition) is 7. The van der Waals surface area contributed by atoms with Crippen molar-refractivity contribution < 1.29 is 33.7 Å². The minimum Gasteiger partial charge on any atom is -0.458 e. The van der Waals surface area contributed by atoms with Crippen molar-refractivity contribution in [3.8, 4) is 0 Å². The van der Waals surface area contributed by atoms with E-state index in [9.17, 15) is 19.5 Å². The zero-order valence-electron chi connectivity index (χ0n) is 15.7. The molecule has 7 nitrogen and oxygen atoms in total. The number of ether oxygens (including phenoxy) is 3. The van der Waals surface area contributed by atoms with Gasteiger partial charge in [0.1, 0.15) is 12.2 Å². The monoisotopic (exact) mass is 376 g/mol. The highest BCUT2D eigenvalue weighted by atomic mass is 16.6. The number of esters is 2. The number of Topliss-reactive ketones (excluding diaryl/α,β-unsaturated/α-hetero) is 1. The summed E-state index contributed by atoms with van der Waals surface area (Å²) >= 11 is 0. The molecule has 1 N–H and O–H groups in total. The van der Waals surface area contributed by atoms with Crippen molar-refractivity contribution in [3.63, 3.8) is 0 Å². The summed E-state index contributed by atoms with van der Waals surface area (Å²) in [6.45, 7) is 12.6. The SMILES string of the molecule is C=C1C(=O)O[C@@H]2C[C@@]3(C)O[C@@H]3CC(=O)C(=C)[C@@H](OC(=O)/C(C)=C\C)[C@H](O)[C@@H]12. The van der Waals surface area contributed by atoms with Crippen molar-refractivity contribution in [2.75, 3.05) is 0 Å². The summed E-state index contributed by atoms with van der Waals surface area (Å²) in [4.78, 5) is 36.9. The van der Waals surface area contributed by atoms with Crippen LogP contribution in [-0.2, 0) is 28.6 Å². The normalized spacial score (nSPS) is 39.4. The molecule has 0 radical (unpaired) electrons. The zero-order chi connectivity index (χ0) is 20.1. The average molecular weight is 376 g/mol. The Morgan fingerprint density at radius 1 is 1.33 bits per heavy atom. The number of aliphatic hydroxyl groups is 1. The predicted molar refractivity (Wildman–Crippen MR) is 94.5 cm³/mol. The lowest BCUT2D eigenvalue weighted by Crippen LogP contribution is -2.45. The summed E-state index contributed by atoms with van der Waals surface area (Å²) in [5, 5.41) is 11.0. The summed E-state index contributed by atoms with van der Waals surface area (Å²) in [6.07, 6.45) is -1.77. The molecule has 0 unspecified atom stereocenters. The Hall–Kier alpha value is -2.25. The second kappa shape index (κ2) is 6.73. The molecular weight excluding hydrogens is 352 g/mol. The van der Waals surface area contributed by atoms with Crippen molar-refractivity contribution in [2.24, 2.45) is 5.92 Å². The van der Waals surface area contributed by atoms with Gasteiger partial charge in [0.05, 0.1) is 17.6 Å². The smallest absolute Gasteiger partial charge is 0.334 e. The first kappa shape index (κ1) is 19.5. The Morgan fingerprint density at radius 3 is 2.63 bits per heavy atom. The lowest BCUT2D eigenvalue weighted by molar-refractivity contribution is -0.152. The molecule has 3 fully saturated rings. The number of epoxide rings is 1. The highest BCUT2D eigenvalue weighted by molar-refractivity contribution is 5.98. The molecule has 2 heterocycles. The van der Waals surface area contributed by atoms with Crippen LogP contribution >= 0.6 is 0 Å². The number of allylic oxidation sites excluding steroid dienone is 1. The van der Waals surface area contributed by atoms with E-state index >= 15 is 0 Å². The number of fused-ring (bicyclic) bond motifs is 2. The molecule has 7 heteroatoms. The lowest BCUT2D eigenvalue weighted by Gasteiger charge is -2.31. The van der Waals surface area contributed by atoms with E-state index < -0.39 is 41.8 Å². The van der Waals surface area contributed by atoms with E-state index in [2.05, 4.69) is 13.2 Å². The summed E-state index contributed by atoms with van der Waals surface area (Å²) in [6, 6.07) is 0. The zero-order valence-corrected chi connectivity index (χ0v) is 15.7. The lowest BCUT2D eigenvalue weighted by atomic mass is 9.79. The van der Waals surface area contributed by atoms with Gasteiger partial charge >= 0.3 is 11.9 Å². The second-order valence-corrected chi connectivity index (χ2v) is 7.56. The van der Waals surface area contributed by atoms with Gasteiger partial charge in [-0.1, -0.05) is 19.2 Å². The average Bonchev–Trinajstić information content (AvgIpc) is 3.15. The Morgan fingerprint density at radius 2 is 2.00 bits per heavy atom. The van der Waals surface area contributed by atoms with Gasteiger partial charge in [-0.05, 0) is 20.8 Å². The fourth-order valence-electron chi connectivity index (χ4n) is 3.69. The minimum atomic E-state index is -1.39. The Bertz CT molecular complexity index is 764. The van der Waals surface area contributed by atoms with Crippen LogP contribution in [0.4, 0.5) is 0 Å². The molecule has 0 aromatic carbocycles. The van der Waals surface area contributed by atoms with Crippen LogP contribution in [0.15, 0.2) is 36.0 Å². The van der Waals surface area contributed by atoms with Crippen LogP contribution in [-0.4, -0.2) is 52.8 Å². The van der Waals surface area contributed by atoms with Crippen LogP contribution in [0.3, 0.4) is 0 Å². The molecule has 3 rings (SSSR count). The van der Waals surface area contributed by atoms with Gasteiger partial charge in [0, 0.05) is 29.6 Å². The standard InChI is InChI=1S/C20H24O7/c1-6-9(2)18(23)26-17-10(3)12(21)7-14-20(5,27-14)8-13-15(16(17)22)11(4)19(24)25-13/h6,13-17,22H,3-4,7-8H2,1-2,5H3/b9-6-/t13-,14-,15+,16-,17-,20-/m1/s1. The minimum absolute atomic E-state index is 0.0367. The van der Waals surface area contributed by atoms with Crippen LogP contribution in [0.2, 0.25) is 0 Å². The van der Waals surface area contributed by atoms with Crippen LogP contribution in [0.25, 0.3) is 0 Å². The summed E-state index contributed by atoms with van der Waals surface area (Å²) in [5.74, 6) is -2.47. The number of carbonyl (C=O) groups excluding carboxylic acids is 3. The molecule has 27 heavy (non-hydrogen) atoms. The number of hydrogen-bond donors (Lipinski definition) is 1. The van der Waals surface area contributed by atoms with Crippen LogP contribution < -0.4 is 0 Å². The molecule has 0 amide bonds. The molecule has 3 aliphatic rings. The predicted octanol–water partition coefficient (Wildman–Crippen LogP) is 1.40. The number of rotatable bonds is 2. The van der Waals surface area contributed by atoms with Crippen LogP contribution in [0.5, 0.6) is 0 Å². The third-order valence-corrected chi connectivity index (χ3v) is 5.70. The first-order valence-corrected chi connectivity index (χ1v) is 8.90. The fourth-order valence-corrected chi connectivity index (χ4v) is 3.69. The highest BCUT2D eigenvalue weighted by Gasteiger charge is 2.59. The molecule has 1 aliphatic carbocycles. The maximum atomic E-state index is 12.6. The molecule has 1 saturated carbocycles. The van der Waals surface area contributed by atoms with Gasteiger partial charge in [0.25, 0.3) is 0 Å². The van der Waals surface area contributed by atoms with Gasteiger partial charge in [0.2, 0.25) is 0 Å². The molecular formula is C20H24O7. The Balaban J connectivity index is 1.97. The topological polar surface area (TPSA) is 102 Å². The maximum Gasteiger partial charge on any atom is 0.334 e. The first-order valence-electron chi connectivity index (χ1n) is 8.90. The second-order valence-electron chi connectivity index (χ2n) is 7.56. The summed E-state index contributed by atoms with van der Waals surface area (Å²) < 4.78 is 16.5. The van der Waals surface area contributed by atoms with E-state index in [1.165, 1.54) is 0 Å². The van der Waals surface area contributed by atoms with Gasteiger partial charge in [-0.2, -0.15) is 0 Å². The van der Waals surface area contributed by atoms with Gasteiger partial charge in [-0.3, -0.25) is 4.79 Å². The maximum absolute atomic E-state index is 12.6. The van der Waals surface area contributed by atoms with Crippen molar-refractivity contribution >= 4 is 17.7 Å². The molecule has 0 aromatic rings. The van der Waals surface area contributed by atoms with Crippen molar-refractivity contribution in [1.82, 2.24) is 0 Å². The Kier molecular flexibility index (Phi) is 4.86. The van der Waals surface area contributed by atoms with E-state index in [1.807, 2.05) is 6.92 Å². The van der Waals surface area contributed by atoms with Crippen molar-refractivity contribution in [1.29, 1.82) is 0 Å². The molecule has 2 saturated heterocycles. The first-order chi connectivity index (χ1) is 12.6. The quantitative estimate of drug-likeness (QED) is 0.441. The molecule has 2 aliphatic heterocycles. The van der Waals surface area contributed by atoms with E-state index in [-0.39, 0.29) is 29.5 Å². The Labute approximate surface area is 157 Å². The van der Waals surface area contributed by atoms with Gasteiger partial charge in [0.15, 0.2) is 11.9 Å². The van der Waals surface area contributed by atoms with Crippen LogP contribution in [0, 0.1) is 5.92 Å². The third-order valence-electron chi connectivity index (χ3n) is 5.70. The third kappa shape index (κ3) is 3.37. The van der Waals surface area contributed by atoms with Crippen molar-refractivity contribution in [3.05, 3.63) is 36.0 Å². The van der Waals surface area contributed by atoms with E-state index in [4.69, 9.17) is 14.2 Å². The van der Waals surface area contributed by atoms with Crippen LogP contribution in [0.1, 0.15) is 33.6 Å². The van der Waals surface area contributed by atoms with E-state index in [0.717, 1.165) is 0 Å². The van der Waals surface area contributed by atoms with Gasteiger partial charge in [-0.15, -0.1) is 0 Å².